The second-order valence-corrected chi connectivity index (χ2v) is 7.12. The van der Waals surface area contributed by atoms with Crippen molar-refractivity contribution in [1.29, 1.82) is 0 Å². The third-order valence-electron chi connectivity index (χ3n) is 3.77. The zero-order valence-corrected chi connectivity index (χ0v) is 15.9. The van der Waals surface area contributed by atoms with E-state index in [9.17, 15) is 13.6 Å². The van der Waals surface area contributed by atoms with Gasteiger partial charge in [0, 0.05) is 32.2 Å². The molecule has 9 heteroatoms. The molecule has 1 amide bonds. The summed E-state index contributed by atoms with van der Waals surface area (Å²) in [4.78, 5) is 19.7. The summed E-state index contributed by atoms with van der Waals surface area (Å²) < 4.78 is 36.9. The van der Waals surface area contributed by atoms with Gasteiger partial charge in [0.25, 0.3) is 0 Å². The van der Waals surface area contributed by atoms with E-state index in [-0.39, 0.29) is 25.0 Å². The molecule has 27 heavy (non-hydrogen) atoms. The zero-order valence-electron chi connectivity index (χ0n) is 15.9. The van der Waals surface area contributed by atoms with Crippen LogP contribution in [0.1, 0.15) is 20.8 Å². The predicted molar refractivity (Wildman–Crippen MR) is 97.7 cm³/mol. The second-order valence-electron chi connectivity index (χ2n) is 7.12. The molecular weight excluding hydrogens is 358 g/mol. The van der Waals surface area contributed by atoms with Gasteiger partial charge >= 0.3 is 6.09 Å². The van der Waals surface area contributed by atoms with Gasteiger partial charge in [0.2, 0.25) is 0 Å². The first-order valence-corrected chi connectivity index (χ1v) is 8.76. The van der Waals surface area contributed by atoms with Crippen LogP contribution < -0.4 is 10.5 Å². The topological polar surface area (TPSA) is 80.4 Å². The Morgan fingerprint density at radius 1 is 1.19 bits per heavy atom. The summed E-state index contributed by atoms with van der Waals surface area (Å²) >= 11 is 0. The predicted octanol–water partition coefficient (Wildman–Crippen LogP) is 2.21. The van der Waals surface area contributed by atoms with E-state index in [0.717, 1.165) is 12.1 Å². The van der Waals surface area contributed by atoms with Crippen LogP contribution in [0.3, 0.4) is 0 Å². The molecule has 0 radical (unpaired) electrons. The van der Waals surface area contributed by atoms with Crippen LogP contribution in [-0.2, 0) is 4.74 Å². The third-order valence-corrected chi connectivity index (χ3v) is 3.77. The fourth-order valence-corrected chi connectivity index (χ4v) is 2.45. The van der Waals surface area contributed by atoms with Crippen molar-refractivity contribution in [1.82, 2.24) is 9.80 Å². The number of piperazine rings is 1. The molecule has 150 valence electrons. The molecule has 0 spiro atoms. The minimum atomic E-state index is -0.759. The van der Waals surface area contributed by atoms with E-state index in [2.05, 4.69) is 4.99 Å². The van der Waals surface area contributed by atoms with Crippen molar-refractivity contribution in [3.8, 4) is 5.75 Å². The average Bonchev–Trinajstić information content (AvgIpc) is 2.58. The Balaban J connectivity index is 1.75. The normalized spacial score (nSPS) is 15.7. The van der Waals surface area contributed by atoms with Gasteiger partial charge in [-0.3, -0.25) is 0 Å². The Hall–Kier alpha value is -2.58. The number of amides is 1. The number of ether oxygens (including phenoxy) is 2. The lowest BCUT2D eigenvalue weighted by atomic mass is 10.2. The second kappa shape index (κ2) is 8.88. The van der Waals surface area contributed by atoms with Gasteiger partial charge in [-0.25, -0.2) is 18.6 Å². The van der Waals surface area contributed by atoms with Crippen LogP contribution in [0, 0.1) is 11.6 Å². The number of nitrogens with zero attached hydrogens (tertiary/aromatic N) is 3. The number of rotatable bonds is 4. The number of guanidine groups is 1. The Morgan fingerprint density at radius 2 is 1.81 bits per heavy atom. The smallest absolute Gasteiger partial charge is 0.410 e. The fraction of sp³-hybridized carbons (Fsp3) is 0.556. The summed E-state index contributed by atoms with van der Waals surface area (Å²) in [5.41, 5.74) is 5.43. The zero-order chi connectivity index (χ0) is 20.0. The molecule has 7 nitrogen and oxygen atoms in total. The molecule has 2 N–H and O–H groups in total. The van der Waals surface area contributed by atoms with Crippen LogP contribution in [-0.4, -0.2) is 66.8 Å². The fourth-order valence-electron chi connectivity index (χ4n) is 2.45. The van der Waals surface area contributed by atoms with Gasteiger partial charge in [0.15, 0.2) is 17.5 Å². The van der Waals surface area contributed by atoms with Crippen LogP contribution in [0.2, 0.25) is 0 Å². The molecule has 1 saturated heterocycles. The first kappa shape index (κ1) is 20.7. The molecule has 1 heterocycles. The number of hydrogen-bond acceptors (Lipinski definition) is 4. The van der Waals surface area contributed by atoms with Gasteiger partial charge in [-0.2, -0.15) is 0 Å². The number of hydrogen-bond donors (Lipinski definition) is 1. The van der Waals surface area contributed by atoms with Crippen molar-refractivity contribution < 1.29 is 23.0 Å². The number of halogens is 2. The highest BCUT2D eigenvalue weighted by Crippen LogP contribution is 2.17. The van der Waals surface area contributed by atoms with Crippen molar-refractivity contribution in [2.45, 2.75) is 26.4 Å². The maximum Gasteiger partial charge on any atom is 0.410 e. The summed E-state index contributed by atoms with van der Waals surface area (Å²) in [5, 5.41) is 0. The van der Waals surface area contributed by atoms with E-state index in [1.807, 2.05) is 25.7 Å². The van der Waals surface area contributed by atoms with Gasteiger partial charge in [-0.1, -0.05) is 0 Å². The van der Waals surface area contributed by atoms with E-state index in [1.54, 1.807) is 4.90 Å². The molecule has 1 aromatic rings. The summed E-state index contributed by atoms with van der Waals surface area (Å²) in [7, 11) is 0. The molecule has 0 aromatic heterocycles. The lowest BCUT2D eigenvalue weighted by Crippen LogP contribution is -2.53. The molecule has 0 saturated carbocycles. The van der Waals surface area contributed by atoms with Crippen molar-refractivity contribution in [3.05, 3.63) is 29.8 Å². The summed E-state index contributed by atoms with van der Waals surface area (Å²) in [6, 6.07) is 3.12. The summed E-state index contributed by atoms with van der Waals surface area (Å²) in [5.74, 6) is -1.11. The van der Waals surface area contributed by atoms with Gasteiger partial charge in [0.05, 0.1) is 6.54 Å². The van der Waals surface area contributed by atoms with Crippen LogP contribution in [0.5, 0.6) is 5.75 Å². The lowest BCUT2D eigenvalue weighted by Gasteiger charge is -2.36. The van der Waals surface area contributed by atoms with E-state index >= 15 is 0 Å². The Labute approximate surface area is 157 Å². The van der Waals surface area contributed by atoms with Crippen LogP contribution in [0.4, 0.5) is 13.6 Å². The largest absolute Gasteiger partial charge is 0.489 e. The van der Waals surface area contributed by atoms with E-state index in [1.165, 1.54) is 6.07 Å². The highest BCUT2D eigenvalue weighted by Gasteiger charge is 2.26. The Bertz CT molecular complexity index is 684. The molecule has 0 bridgehead atoms. The molecular formula is C18H26F2N4O3. The van der Waals surface area contributed by atoms with Gasteiger partial charge in [-0.05, 0) is 32.9 Å². The summed E-state index contributed by atoms with van der Waals surface area (Å²) in [6.07, 6.45) is -0.340. The van der Waals surface area contributed by atoms with E-state index < -0.39 is 17.2 Å². The number of nitrogens with two attached hydrogens (primary N) is 1. The van der Waals surface area contributed by atoms with Crippen molar-refractivity contribution in [3.63, 3.8) is 0 Å². The highest BCUT2D eigenvalue weighted by atomic mass is 19.1. The van der Waals surface area contributed by atoms with E-state index in [0.29, 0.717) is 32.1 Å². The quantitative estimate of drug-likeness (QED) is 0.489. The molecule has 1 aliphatic heterocycles. The molecule has 1 fully saturated rings. The number of carbonyl (C=O) groups is 1. The van der Waals surface area contributed by atoms with Crippen LogP contribution in [0.15, 0.2) is 23.2 Å². The van der Waals surface area contributed by atoms with Gasteiger partial charge in [-0.15, -0.1) is 0 Å². The summed E-state index contributed by atoms with van der Waals surface area (Å²) in [6.45, 7) is 7.88. The molecule has 0 atom stereocenters. The van der Waals surface area contributed by atoms with Crippen molar-refractivity contribution >= 4 is 12.1 Å². The number of benzene rings is 1. The molecule has 1 aliphatic rings. The molecule has 1 aromatic carbocycles. The van der Waals surface area contributed by atoms with E-state index in [4.69, 9.17) is 15.2 Å². The molecule has 0 aliphatic carbocycles. The maximum absolute atomic E-state index is 13.5. The minimum absolute atomic E-state index is 0.0313. The third kappa shape index (κ3) is 6.58. The molecule has 2 rings (SSSR count). The van der Waals surface area contributed by atoms with Gasteiger partial charge in [0.1, 0.15) is 18.0 Å². The first-order valence-electron chi connectivity index (χ1n) is 8.76. The van der Waals surface area contributed by atoms with Gasteiger partial charge < -0.3 is 25.0 Å². The molecule has 0 unspecified atom stereocenters. The number of carbonyl (C=O) groups excluding carboxylic acids is 1. The monoisotopic (exact) mass is 384 g/mol. The van der Waals surface area contributed by atoms with Crippen molar-refractivity contribution in [2.24, 2.45) is 10.7 Å². The average molecular weight is 384 g/mol. The van der Waals surface area contributed by atoms with Crippen LogP contribution in [0.25, 0.3) is 0 Å². The number of aliphatic imine (C=N–C) groups is 1. The maximum atomic E-state index is 13.5. The Morgan fingerprint density at radius 3 is 2.41 bits per heavy atom. The van der Waals surface area contributed by atoms with Crippen LogP contribution >= 0.6 is 0 Å². The SMILES string of the molecule is CC(C)(C)OC(=O)N1CCN(C(N)=NCCOc2ccc(F)cc2F)CC1. The lowest BCUT2D eigenvalue weighted by molar-refractivity contribution is 0.0186. The standard InChI is InChI=1S/C18H26F2N4O3/c1-18(2,3)27-17(25)24-9-7-23(8-10-24)16(21)22-6-11-26-15-5-4-13(19)12-14(15)20/h4-5,12H,6-11H2,1-3H3,(H2,21,22). The Kier molecular flexibility index (Phi) is 6.81. The van der Waals surface area contributed by atoms with Crippen molar-refractivity contribution in [2.75, 3.05) is 39.3 Å². The minimum Gasteiger partial charge on any atom is -0.489 e. The highest BCUT2D eigenvalue weighted by molar-refractivity contribution is 5.78. The first-order chi connectivity index (χ1) is 12.7.